The third-order valence-corrected chi connectivity index (χ3v) is 5.70. The van der Waals surface area contributed by atoms with Crippen molar-refractivity contribution in [2.75, 3.05) is 5.32 Å². The number of furan rings is 1. The molecule has 0 bridgehead atoms. The van der Waals surface area contributed by atoms with E-state index in [1.807, 2.05) is 0 Å². The number of aryl methyl sites for hydroxylation is 1. The van der Waals surface area contributed by atoms with Crippen LogP contribution in [0.15, 0.2) is 65.0 Å². The van der Waals surface area contributed by atoms with Gasteiger partial charge in [0.25, 0.3) is 5.91 Å². The van der Waals surface area contributed by atoms with Gasteiger partial charge in [-0.3, -0.25) is 4.79 Å². The molecule has 0 atom stereocenters. The molecule has 5 aromatic rings. The summed E-state index contributed by atoms with van der Waals surface area (Å²) in [6, 6.07) is 10.0. The van der Waals surface area contributed by atoms with Crippen molar-refractivity contribution in [1.29, 1.82) is 0 Å². The normalized spacial score (nSPS) is 11.7. The topological polar surface area (TPSA) is 138 Å². The summed E-state index contributed by atoms with van der Waals surface area (Å²) in [5.74, 6) is -0.718. The molecule has 0 aliphatic rings. The number of rotatable bonds is 6. The van der Waals surface area contributed by atoms with Gasteiger partial charge in [0, 0.05) is 16.6 Å². The molecule has 3 aromatic heterocycles. The predicted octanol–water partition coefficient (Wildman–Crippen LogP) is 4.90. The summed E-state index contributed by atoms with van der Waals surface area (Å²) in [5.41, 5.74) is 0.834. The van der Waals surface area contributed by atoms with Gasteiger partial charge in [-0.15, -0.1) is 18.3 Å². The number of hydrogen-bond donors (Lipinski definition) is 1. The maximum atomic E-state index is 12.7. The van der Waals surface area contributed by atoms with Crippen molar-refractivity contribution in [3.63, 3.8) is 0 Å². The quantitative estimate of drug-likeness (QED) is 0.297. The van der Waals surface area contributed by atoms with Crippen LogP contribution in [0.3, 0.4) is 0 Å². The Morgan fingerprint density at radius 3 is 2.65 bits per heavy atom. The molecule has 0 fully saturated rings. The zero-order valence-electron chi connectivity index (χ0n) is 18.5. The van der Waals surface area contributed by atoms with Crippen LogP contribution in [-0.2, 0) is 6.54 Å². The molecule has 2 aromatic carbocycles. The number of halogens is 4. The Balaban J connectivity index is 1.36. The molecule has 0 aliphatic heterocycles. The van der Waals surface area contributed by atoms with Crippen LogP contribution in [0.2, 0.25) is 0 Å². The van der Waals surface area contributed by atoms with Crippen molar-refractivity contribution < 1.29 is 36.0 Å². The Labute approximate surface area is 211 Å². The van der Waals surface area contributed by atoms with E-state index < -0.39 is 23.8 Å². The number of carbonyl (C=O) groups is 1. The Hall–Kier alpha value is -4.40. The van der Waals surface area contributed by atoms with Gasteiger partial charge in [0.05, 0.1) is 4.47 Å². The van der Waals surface area contributed by atoms with Crippen LogP contribution in [-0.4, -0.2) is 32.5 Å². The summed E-state index contributed by atoms with van der Waals surface area (Å²) in [6.07, 6.45) is -4.85. The average Bonchev–Trinajstić information content (AvgIpc) is 3.52. The van der Waals surface area contributed by atoms with Crippen molar-refractivity contribution in [2.45, 2.75) is 19.8 Å². The summed E-state index contributed by atoms with van der Waals surface area (Å²) >= 11 is 3.00. The minimum absolute atomic E-state index is 0.0105. The summed E-state index contributed by atoms with van der Waals surface area (Å²) < 4.78 is 58.3. The van der Waals surface area contributed by atoms with E-state index in [-0.39, 0.29) is 33.9 Å². The molecule has 37 heavy (non-hydrogen) atoms. The van der Waals surface area contributed by atoms with E-state index in [0.717, 1.165) is 6.07 Å². The van der Waals surface area contributed by atoms with E-state index in [9.17, 15) is 22.8 Å². The molecule has 11 nitrogen and oxygen atoms in total. The number of nitrogens with one attached hydrogen (secondary N) is 1. The molecular weight excluding hydrogens is 567 g/mol. The Morgan fingerprint density at radius 2 is 1.95 bits per heavy atom. The van der Waals surface area contributed by atoms with Crippen molar-refractivity contribution in [3.8, 4) is 17.3 Å². The highest BCUT2D eigenvalue weighted by Crippen LogP contribution is 2.33. The second-order valence-corrected chi connectivity index (χ2v) is 8.46. The Morgan fingerprint density at radius 1 is 1.14 bits per heavy atom. The minimum Gasteiger partial charge on any atom is -0.453 e. The largest absolute Gasteiger partial charge is 0.573 e. The standard InChI is InChI=1S/C22H13BrF3N5O6/c1-10-18(36-21(33)34-10)9-31-19(28-29-30-31)17-6-11-2-3-12(7-16(11)35-17)20(32)27-13-4-5-15(14(23)8-13)37-22(24,25)26/h2-8H,9H2,1H3,(H,27,32). The number of benzene rings is 2. The van der Waals surface area contributed by atoms with Crippen molar-refractivity contribution >= 4 is 38.5 Å². The molecule has 0 aliphatic carbocycles. The highest BCUT2D eigenvalue weighted by atomic mass is 79.9. The van der Waals surface area contributed by atoms with Crippen molar-refractivity contribution in [3.05, 3.63) is 74.6 Å². The van der Waals surface area contributed by atoms with Gasteiger partial charge in [0.1, 0.15) is 23.6 Å². The van der Waals surface area contributed by atoms with Gasteiger partial charge in [-0.2, -0.15) is 0 Å². The first-order valence-corrected chi connectivity index (χ1v) is 11.1. The number of hydrogen-bond acceptors (Lipinski definition) is 9. The van der Waals surface area contributed by atoms with Crippen LogP contribution in [0.4, 0.5) is 18.9 Å². The zero-order chi connectivity index (χ0) is 26.3. The van der Waals surface area contributed by atoms with Gasteiger partial charge in [0.15, 0.2) is 11.5 Å². The number of amides is 1. The van der Waals surface area contributed by atoms with Gasteiger partial charge in [-0.25, -0.2) is 9.48 Å². The molecule has 5 rings (SSSR count). The molecule has 15 heteroatoms. The number of carbonyl (C=O) groups excluding carboxylic acids is 1. The van der Waals surface area contributed by atoms with Gasteiger partial charge < -0.3 is 23.3 Å². The first kappa shape index (κ1) is 24.3. The first-order chi connectivity index (χ1) is 17.6. The number of tetrazole rings is 1. The van der Waals surface area contributed by atoms with E-state index in [4.69, 9.17) is 13.3 Å². The predicted molar refractivity (Wildman–Crippen MR) is 123 cm³/mol. The summed E-state index contributed by atoms with van der Waals surface area (Å²) in [4.78, 5) is 24.1. The Bertz CT molecular complexity index is 1690. The van der Waals surface area contributed by atoms with Gasteiger partial charge in [-0.05, 0) is 69.7 Å². The maximum Gasteiger partial charge on any atom is 0.573 e. The molecule has 0 spiro atoms. The maximum absolute atomic E-state index is 12.7. The molecule has 0 saturated heterocycles. The lowest BCUT2D eigenvalue weighted by atomic mass is 10.1. The average molecular weight is 580 g/mol. The van der Waals surface area contributed by atoms with Gasteiger partial charge >= 0.3 is 12.2 Å². The van der Waals surface area contributed by atoms with Gasteiger partial charge in [0.2, 0.25) is 5.82 Å². The van der Waals surface area contributed by atoms with Crippen LogP contribution >= 0.6 is 15.9 Å². The van der Waals surface area contributed by atoms with E-state index in [0.29, 0.717) is 22.5 Å². The second kappa shape index (κ2) is 9.24. The summed E-state index contributed by atoms with van der Waals surface area (Å²) in [6.45, 7) is 1.59. The Kier molecular flexibility index (Phi) is 6.07. The molecule has 0 radical (unpaired) electrons. The summed E-state index contributed by atoms with van der Waals surface area (Å²) in [5, 5.41) is 14.7. The highest BCUT2D eigenvalue weighted by molar-refractivity contribution is 9.10. The molecule has 1 N–H and O–H groups in total. The number of alkyl halides is 3. The molecular formula is C22H13BrF3N5O6. The van der Waals surface area contributed by atoms with E-state index >= 15 is 0 Å². The SMILES string of the molecule is Cc1oc(=O)oc1Cn1nnnc1-c1cc2ccc(C(=O)Nc3ccc(OC(F)(F)F)c(Br)c3)cc2o1. The third kappa shape index (κ3) is 5.25. The fourth-order valence-electron chi connectivity index (χ4n) is 3.41. The van der Waals surface area contributed by atoms with Crippen LogP contribution in [0.25, 0.3) is 22.6 Å². The van der Waals surface area contributed by atoms with Crippen molar-refractivity contribution in [1.82, 2.24) is 20.2 Å². The second-order valence-electron chi connectivity index (χ2n) is 7.60. The molecule has 3 heterocycles. The molecule has 0 saturated carbocycles. The molecule has 190 valence electrons. The first-order valence-electron chi connectivity index (χ1n) is 10.3. The number of fused-ring (bicyclic) bond motifs is 1. The number of ether oxygens (including phenoxy) is 1. The third-order valence-electron chi connectivity index (χ3n) is 5.08. The molecule has 1 amide bonds. The highest BCUT2D eigenvalue weighted by Gasteiger charge is 2.32. The lowest BCUT2D eigenvalue weighted by molar-refractivity contribution is -0.274. The minimum atomic E-state index is -4.85. The number of nitrogens with zero attached hydrogens (tertiary/aromatic N) is 4. The summed E-state index contributed by atoms with van der Waals surface area (Å²) in [7, 11) is 0. The molecule has 0 unspecified atom stereocenters. The van der Waals surface area contributed by atoms with E-state index in [1.54, 1.807) is 25.1 Å². The van der Waals surface area contributed by atoms with E-state index in [2.05, 4.69) is 41.5 Å². The zero-order valence-corrected chi connectivity index (χ0v) is 20.1. The number of aromatic nitrogens is 4. The van der Waals surface area contributed by atoms with Gasteiger partial charge in [-0.1, -0.05) is 6.07 Å². The fraction of sp³-hybridized carbons (Fsp3) is 0.136. The van der Waals surface area contributed by atoms with Crippen molar-refractivity contribution in [2.24, 2.45) is 0 Å². The lowest BCUT2D eigenvalue weighted by Crippen LogP contribution is -2.17. The van der Waals surface area contributed by atoms with Crippen LogP contribution in [0.5, 0.6) is 5.75 Å². The monoisotopic (exact) mass is 579 g/mol. The van der Waals surface area contributed by atoms with E-state index in [1.165, 1.54) is 22.9 Å². The van der Waals surface area contributed by atoms with Crippen LogP contribution in [0, 0.1) is 6.92 Å². The van der Waals surface area contributed by atoms with Crippen LogP contribution < -0.4 is 15.9 Å². The lowest BCUT2D eigenvalue weighted by Gasteiger charge is -2.12. The number of anilines is 1. The fourth-order valence-corrected chi connectivity index (χ4v) is 3.87. The van der Waals surface area contributed by atoms with Crippen LogP contribution in [0.1, 0.15) is 21.9 Å². The smallest absolute Gasteiger partial charge is 0.453 e.